The molecule has 0 spiro atoms. The lowest BCUT2D eigenvalue weighted by Gasteiger charge is -2.20. The summed E-state index contributed by atoms with van der Waals surface area (Å²) in [4.78, 5) is 13.7. The van der Waals surface area contributed by atoms with Crippen molar-refractivity contribution in [3.8, 4) is 0 Å². The van der Waals surface area contributed by atoms with Crippen LogP contribution in [0, 0.1) is 12.7 Å². The van der Waals surface area contributed by atoms with Crippen LogP contribution in [0.3, 0.4) is 0 Å². The summed E-state index contributed by atoms with van der Waals surface area (Å²) in [6, 6.07) is 4.55. The second-order valence-electron chi connectivity index (χ2n) is 3.86. The van der Waals surface area contributed by atoms with E-state index in [1.165, 1.54) is 6.07 Å². The summed E-state index contributed by atoms with van der Waals surface area (Å²) >= 11 is 0. The fourth-order valence-electron chi connectivity index (χ4n) is 1.58. The number of likely N-dealkylation sites (N-methyl/N-ethyl adjacent to an activating group) is 1. The summed E-state index contributed by atoms with van der Waals surface area (Å²) in [5, 5.41) is 0. The van der Waals surface area contributed by atoms with E-state index in [-0.39, 0.29) is 11.5 Å². The van der Waals surface area contributed by atoms with Crippen LogP contribution in [-0.2, 0) is 4.74 Å². The van der Waals surface area contributed by atoms with Crippen molar-refractivity contribution in [2.24, 2.45) is 0 Å². The summed E-state index contributed by atoms with van der Waals surface area (Å²) in [6.45, 7) is 5.16. The van der Waals surface area contributed by atoms with E-state index < -0.39 is 5.82 Å². The molecule has 0 aromatic heterocycles. The minimum absolute atomic E-state index is 0.128. The van der Waals surface area contributed by atoms with Gasteiger partial charge in [-0.25, -0.2) is 4.39 Å². The first-order valence-corrected chi connectivity index (χ1v) is 5.64. The van der Waals surface area contributed by atoms with E-state index in [1.54, 1.807) is 24.1 Å². The fourth-order valence-corrected chi connectivity index (χ4v) is 1.58. The molecule has 1 aromatic rings. The molecule has 0 saturated heterocycles. The van der Waals surface area contributed by atoms with Gasteiger partial charge in [-0.3, -0.25) is 4.79 Å². The van der Waals surface area contributed by atoms with Crippen molar-refractivity contribution in [1.29, 1.82) is 0 Å². The van der Waals surface area contributed by atoms with Crippen molar-refractivity contribution in [2.75, 3.05) is 26.8 Å². The molecule has 0 radical (unpaired) electrons. The molecule has 94 valence electrons. The van der Waals surface area contributed by atoms with E-state index in [0.717, 1.165) is 5.56 Å². The van der Waals surface area contributed by atoms with Crippen molar-refractivity contribution in [2.45, 2.75) is 13.8 Å². The third kappa shape index (κ3) is 3.53. The number of halogens is 1. The molecule has 0 aliphatic carbocycles. The van der Waals surface area contributed by atoms with Crippen molar-refractivity contribution in [3.63, 3.8) is 0 Å². The number of nitrogens with zero attached hydrogens (tertiary/aromatic N) is 1. The number of hydrogen-bond acceptors (Lipinski definition) is 2. The van der Waals surface area contributed by atoms with Crippen LogP contribution in [0.2, 0.25) is 0 Å². The molecule has 0 aliphatic rings. The Balaban J connectivity index is 2.89. The standard InChI is InChI=1S/C13H18FNO2/c1-4-15(7-8-17-3)13(16)11-9-10(2)5-6-12(11)14/h5-6,9H,4,7-8H2,1-3H3. The number of ether oxygens (including phenoxy) is 1. The van der Waals surface area contributed by atoms with Crippen LogP contribution >= 0.6 is 0 Å². The fraction of sp³-hybridized carbons (Fsp3) is 0.462. The highest BCUT2D eigenvalue weighted by atomic mass is 19.1. The predicted octanol–water partition coefficient (Wildman–Crippen LogP) is 2.24. The van der Waals surface area contributed by atoms with E-state index >= 15 is 0 Å². The average molecular weight is 239 g/mol. The Morgan fingerprint density at radius 3 is 2.76 bits per heavy atom. The third-order valence-electron chi connectivity index (χ3n) is 2.59. The number of carbonyl (C=O) groups excluding carboxylic acids is 1. The summed E-state index contributed by atoms with van der Waals surface area (Å²) in [5.74, 6) is -0.762. The lowest BCUT2D eigenvalue weighted by molar-refractivity contribution is 0.0702. The zero-order valence-corrected chi connectivity index (χ0v) is 10.5. The van der Waals surface area contributed by atoms with Gasteiger partial charge in [0.1, 0.15) is 5.82 Å². The van der Waals surface area contributed by atoms with Gasteiger partial charge < -0.3 is 9.64 Å². The molecule has 0 bridgehead atoms. The van der Waals surface area contributed by atoms with E-state index in [2.05, 4.69) is 0 Å². The molecule has 1 aromatic carbocycles. The summed E-state index contributed by atoms with van der Waals surface area (Å²) in [6.07, 6.45) is 0. The molecule has 0 atom stereocenters. The minimum Gasteiger partial charge on any atom is -0.383 e. The molecule has 0 aliphatic heterocycles. The molecule has 0 heterocycles. The average Bonchev–Trinajstić information content (AvgIpc) is 2.33. The van der Waals surface area contributed by atoms with Crippen LogP contribution in [0.5, 0.6) is 0 Å². The Labute approximate surface area is 101 Å². The van der Waals surface area contributed by atoms with Gasteiger partial charge in [-0.05, 0) is 26.0 Å². The van der Waals surface area contributed by atoms with Crippen molar-refractivity contribution in [1.82, 2.24) is 4.90 Å². The third-order valence-corrected chi connectivity index (χ3v) is 2.59. The van der Waals surface area contributed by atoms with E-state index in [4.69, 9.17) is 4.74 Å². The number of carbonyl (C=O) groups is 1. The van der Waals surface area contributed by atoms with Crippen LogP contribution in [0.15, 0.2) is 18.2 Å². The smallest absolute Gasteiger partial charge is 0.256 e. The van der Waals surface area contributed by atoms with Gasteiger partial charge in [0, 0.05) is 20.2 Å². The Hall–Kier alpha value is -1.42. The zero-order chi connectivity index (χ0) is 12.8. The Bertz CT molecular complexity index is 393. The topological polar surface area (TPSA) is 29.5 Å². The molecule has 0 fully saturated rings. The van der Waals surface area contributed by atoms with Gasteiger partial charge in [0.2, 0.25) is 0 Å². The molecule has 0 unspecified atom stereocenters. The van der Waals surface area contributed by atoms with Crippen LogP contribution in [0.1, 0.15) is 22.8 Å². The van der Waals surface area contributed by atoms with Crippen LogP contribution < -0.4 is 0 Å². The van der Waals surface area contributed by atoms with Gasteiger partial charge in [0.25, 0.3) is 5.91 Å². The van der Waals surface area contributed by atoms with Crippen molar-refractivity contribution in [3.05, 3.63) is 35.1 Å². The van der Waals surface area contributed by atoms with Crippen molar-refractivity contribution < 1.29 is 13.9 Å². The molecule has 0 saturated carbocycles. The molecule has 0 N–H and O–H groups in total. The molecule has 1 rings (SSSR count). The van der Waals surface area contributed by atoms with E-state index in [9.17, 15) is 9.18 Å². The number of amides is 1. The normalized spacial score (nSPS) is 10.4. The lowest BCUT2D eigenvalue weighted by Crippen LogP contribution is -2.34. The van der Waals surface area contributed by atoms with Crippen molar-refractivity contribution >= 4 is 5.91 Å². The molecule has 1 amide bonds. The number of methoxy groups -OCH3 is 1. The minimum atomic E-state index is -0.475. The molecular formula is C13H18FNO2. The molecule has 17 heavy (non-hydrogen) atoms. The largest absolute Gasteiger partial charge is 0.383 e. The maximum Gasteiger partial charge on any atom is 0.256 e. The molecular weight excluding hydrogens is 221 g/mol. The SMILES string of the molecule is CCN(CCOC)C(=O)c1cc(C)ccc1F. The predicted molar refractivity (Wildman–Crippen MR) is 64.6 cm³/mol. The molecule has 4 heteroatoms. The van der Waals surface area contributed by atoms with E-state index in [1.807, 2.05) is 13.8 Å². The second kappa shape index (κ2) is 6.35. The second-order valence-corrected chi connectivity index (χ2v) is 3.86. The number of aryl methyl sites for hydroxylation is 1. The van der Waals surface area contributed by atoms with Crippen LogP contribution in [-0.4, -0.2) is 37.6 Å². The van der Waals surface area contributed by atoms with Crippen LogP contribution in [0.25, 0.3) is 0 Å². The van der Waals surface area contributed by atoms with Gasteiger partial charge in [-0.2, -0.15) is 0 Å². The van der Waals surface area contributed by atoms with Gasteiger partial charge >= 0.3 is 0 Å². The van der Waals surface area contributed by atoms with Gasteiger partial charge in [0.15, 0.2) is 0 Å². The number of hydrogen-bond donors (Lipinski definition) is 0. The summed E-state index contributed by atoms with van der Waals surface area (Å²) < 4.78 is 18.5. The van der Waals surface area contributed by atoms with Gasteiger partial charge in [-0.1, -0.05) is 11.6 Å². The van der Waals surface area contributed by atoms with Crippen LogP contribution in [0.4, 0.5) is 4.39 Å². The highest BCUT2D eigenvalue weighted by molar-refractivity contribution is 5.94. The van der Waals surface area contributed by atoms with Gasteiger partial charge in [0.05, 0.1) is 12.2 Å². The van der Waals surface area contributed by atoms with Gasteiger partial charge in [-0.15, -0.1) is 0 Å². The highest BCUT2D eigenvalue weighted by Crippen LogP contribution is 2.12. The number of rotatable bonds is 5. The Kier molecular flexibility index (Phi) is 5.10. The first-order valence-electron chi connectivity index (χ1n) is 5.64. The van der Waals surface area contributed by atoms with E-state index in [0.29, 0.717) is 19.7 Å². The summed E-state index contributed by atoms with van der Waals surface area (Å²) in [7, 11) is 1.57. The highest BCUT2D eigenvalue weighted by Gasteiger charge is 2.17. The zero-order valence-electron chi connectivity index (χ0n) is 10.5. The number of benzene rings is 1. The maximum absolute atomic E-state index is 13.6. The monoisotopic (exact) mass is 239 g/mol. The lowest BCUT2D eigenvalue weighted by atomic mass is 10.1. The first-order chi connectivity index (χ1) is 8.10. The first kappa shape index (κ1) is 13.6. The summed E-state index contributed by atoms with van der Waals surface area (Å²) in [5.41, 5.74) is 1.00. The Morgan fingerprint density at radius 2 is 2.18 bits per heavy atom. The molecule has 3 nitrogen and oxygen atoms in total. The quantitative estimate of drug-likeness (QED) is 0.788. The maximum atomic E-state index is 13.6. The Morgan fingerprint density at radius 1 is 1.47 bits per heavy atom.